The predicted molar refractivity (Wildman–Crippen MR) is 104 cm³/mol. The molecule has 2 heterocycles. The second-order valence-corrected chi connectivity index (χ2v) is 7.14. The highest BCUT2D eigenvalue weighted by molar-refractivity contribution is 5.94. The molecule has 2 amide bonds. The van der Waals surface area contributed by atoms with Crippen molar-refractivity contribution >= 4 is 12.0 Å². The summed E-state index contributed by atoms with van der Waals surface area (Å²) in [5.41, 5.74) is 2.14. The van der Waals surface area contributed by atoms with Crippen molar-refractivity contribution in [2.75, 3.05) is 26.4 Å². The van der Waals surface area contributed by atoms with E-state index in [0.717, 1.165) is 11.1 Å². The van der Waals surface area contributed by atoms with Gasteiger partial charge in [0, 0.05) is 6.54 Å². The highest BCUT2D eigenvalue weighted by Gasteiger charge is 2.44. The molecule has 4 rings (SSSR count). The molecule has 2 aromatic rings. The molecular weight excluding hydrogens is 372 g/mol. The first kappa shape index (κ1) is 19.6. The molecule has 7 nitrogen and oxygen atoms in total. The minimum atomic E-state index is -0.583. The van der Waals surface area contributed by atoms with Crippen LogP contribution in [0.4, 0.5) is 4.79 Å². The number of carbonyl (C=O) groups excluding carboxylic acids is 2. The van der Waals surface area contributed by atoms with Crippen molar-refractivity contribution in [1.29, 1.82) is 0 Å². The van der Waals surface area contributed by atoms with E-state index in [1.54, 1.807) is 5.06 Å². The van der Waals surface area contributed by atoms with E-state index < -0.39 is 12.0 Å². The van der Waals surface area contributed by atoms with Gasteiger partial charge in [0.25, 0.3) is 0 Å². The van der Waals surface area contributed by atoms with Crippen LogP contribution in [0.1, 0.15) is 11.1 Å². The Morgan fingerprint density at radius 1 is 1.03 bits per heavy atom. The molecule has 2 saturated heterocycles. The monoisotopic (exact) mass is 396 g/mol. The first-order chi connectivity index (χ1) is 14.2. The van der Waals surface area contributed by atoms with Crippen LogP contribution in [0.15, 0.2) is 60.7 Å². The molecule has 0 aliphatic carbocycles. The Kier molecular flexibility index (Phi) is 6.19. The lowest BCUT2D eigenvalue weighted by atomic mass is 10.00. The molecule has 2 aliphatic rings. The number of nitrogens with zero attached hydrogens (tertiary/aromatic N) is 2. The van der Waals surface area contributed by atoms with Crippen molar-refractivity contribution in [2.45, 2.75) is 19.2 Å². The number of carbonyl (C=O) groups is 2. The highest BCUT2D eigenvalue weighted by Crippen LogP contribution is 2.27. The summed E-state index contributed by atoms with van der Waals surface area (Å²) < 4.78 is 10.9. The van der Waals surface area contributed by atoms with Gasteiger partial charge in [-0.25, -0.2) is 9.69 Å². The van der Waals surface area contributed by atoms with Gasteiger partial charge in [0.15, 0.2) is 0 Å². The van der Waals surface area contributed by atoms with Crippen LogP contribution in [0, 0.1) is 5.92 Å². The Morgan fingerprint density at radius 2 is 1.72 bits per heavy atom. The summed E-state index contributed by atoms with van der Waals surface area (Å²) in [5, 5.41) is 1.80. The van der Waals surface area contributed by atoms with Gasteiger partial charge < -0.3 is 9.47 Å². The Bertz CT molecular complexity index is 830. The first-order valence-corrected chi connectivity index (χ1v) is 9.75. The lowest BCUT2D eigenvalue weighted by molar-refractivity contribution is -0.151. The lowest BCUT2D eigenvalue weighted by Gasteiger charge is -2.26. The highest BCUT2D eigenvalue weighted by atomic mass is 16.7. The largest absolute Gasteiger partial charge is 0.447 e. The van der Waals surface area contributed by atoms with Gasteiger partial charge in [0.1, 0.15) is 6.61 Å². The minimum absolute atomic E-state index is 0.217. The standard InChI is InChI=1S/C22H24N2O5/c25-21(23-11-12-28-22(23)26)19-15-29-24(13-17-7-3-1-4-8-17)20(19)16-27-14-18-9-5-2-6-10-18/h1-10,19-20H,11-16H2/t19-,20+/m1/s1. The van der Waals surface area contributed by atoms with Crippen LogP contribution in [0.2, 0.25) is 0 Å². The van der Waals surface area contributed by atoms with Gasteiger partial charge in [-0.2, -0.15) is 5.06 Å². The third-order valence-corrected chi connectivity index (χ3v) is 5.18. The molecule has 0 radical (unpaired) electrons. The number of imide groups is 1. The molecule has 2 atom stereocenters. The lowest BCUT2D eigenvalue weighted by Crippen LogP contribution is -2.45. The zero-order valence-corrected chi connectivity index (χ0v) is 16.1. The zero-order valence-electron chi connectivity index (χ0n) is 16.1. The van der Waals surface area contributed by atoms with Crippen LogP contribution in [-0.2, 0) is 32.3 Å². The Labute approximate surface area is 169 Å². The fraction of sp³-hybridized carbons (Fsp3) is 0.364. The molecule has 0 unspecified atom stereocenters. The van der Waals surface area contributed by atoms with Gasteiger partial charge in [-0.05, 0) is 11.1 Å². The van der Waals surface area contributed by atoms with Gasteiger partial charge in [-0.15, -0.1) is 0 Å². The number of hydroxylamine groups is 2. The van der Waals surface area contributed by atoms with Gasteiger partial charge in [0.05, 0.1) is 38.3 Å². The summed E-state index contributed by atoms with van der Waals surface area (Å²) in [4.78, 5) is 31.8. The smallest absolute Gasteiger partial charge is 0.416 e. The zero-order chi connectivity index (χ0) is 20.1. The van der Waals surface area contributed by atoms with Crippen molar-refractivity contribution in [2.24, 2.45) is 5.92 Å². The second-order valence-electron chi connectivity index (χ2n) is 7.14. The summed E-state index contributed by atoms with van der Waals surface area (Å²) in [6, 6.07) is 19.5. The number of hydrogen-bond donors (Lipinski definition) is 0. The summed E-state index contributed by atoms with van der Waals surface area (Å²) in [6.45, 7) is 2.04. The first-order valence-electron chi connectivity index (χ1n) is 9.75. The molecule has 0 bridgehead atoms. The fourth-order valence-corrected chi connectivity index (χ4v) is 3.61. The summed E-state index contributed by atoms with van der Waals surface area (Å²) in [5.74, 6) is -0.753. The van der Waals surface area contributed by atoms with Gasteiger partial charge in [-0.3, -0.25) is 9.63 Å². The maximum absolute atomic E-state index is 13.0. The summed E-state index contributed by atoms with van der Waals surface area (Å²) in [7, 11) is 0. The van der Waals surface area contributed by atoms with Crippen LogP contribution in [0.3, 0.4) is 0 Å². The Morgan fingerprint density at radius 3 is 2.38 bits per heavy atom. The third kappa shape index (κ3) is 4.64. The van der Waals surface area contributed by atoms with Gasteiger partial charge >= 0.3 is 6.09 Å². The average molecular weight is 396 g/mol. The van der Waals surface area contributed by atoms with Crippen molar-refractivity contribution in [3.8, 4) is 0 Å². The topological polar surface area (TPSA) is 68.3 Å². The predicted octanol–water partition coefficient (Wildman–Crippen LogP) is 2.61. The minimum Gasteiger partial charge on any atom is -0.447 e. The molecule has 152 valence electrons. The maximum atomic E-state index is 13.0. The number of ether oxygens (including phenoxy) is 2. The van der Waals surface area contributed by atoms with E-state index in [2.05, 4.69) is 0 Å². The van der Waals surface area contributed by atoms with E-state index in [0.29, 0.717) is 19.8 Å². The van der Waals surface area contributed by atoms with Crippen LogP contribution in [0.5, 0.6) is 0 Å². The van der Waals surface area contributed by atoms with E-state index in [1.165, 1.54) is 4.90 Å². The van der Waals surface area contributed by atoms with E-state index in [4.69, 9.17) is 14.3 Å². The second kappa shape index (κ2) is 9.17. The summed E-state index contributed by atoms with van der Waals surface area (Å²) >= 11 is 0. The van der Waals surface area contributed by atoms with Crippen LogP contribution < -0.4 is 0 Å². The normalized spacial score (nSPS) is 22.1. The SMILES string of the molecule is O=C1OCCN1C(=O)[C@@H]1CON(Cc2ccccc2)[C@H]1COCc1ccccc1. The van der Waals surface area contributed by atoms with Crippen molar-refractivity contribution in [3.63, 3.8) is 0 Å². The van der Waals surface area contributed by atoms with Crippen molar-refractivity contribution in [1.82, 2.24) is 9.96 Å². The van der Waals surface area contributed by atoms with E-state index >= 15 is 0 Å². The van der Waals surface area contributed by atoms with E-state index in [9.17, 15) is 9.59 Å². The fourth-order valence-electron chi connectivity index (χ4n) is 3.61. The molecule has 0 spiro atoms. The van der Waals surface area contributed by atoms with Crippen LogP contribution in [-0.4, -0.2) is 54.4 Å². The molecule has 2 aromatic carbocycles. The maximum Gasteiger partial charge on any atom is 0.416 e. The van der Waals surface area contributed by atoms with Crippen LogP contribution in [0.25, 0.3) is 0 Å². The van der Waals surface area contributed by atoms with Crippen molar-refractivity contribution < 1.29 is 23.9 Å². The molecule has 2 fully saturated rings. The number of rotatable bonds is 7. The molecule has 0 saturated carbocycles. The Balaban J connectivity index is 1.45. The van der Waals surface area contributed by atoms with Crippen LogP contribution >= 0.6 is 0 Å². The number of cyclic esters (lactones) is 1. The van der Waals surface area contributed by atoms with Gasteiger partial charge in [-0.1, -0.05) is 60.7 Å². The average Bonchev–Trinajstić information content (AvgIpc) is 3.35. The Hall–Kier alpha value is -2.74. The van der Waals surface area contributed by atoms with E-state index in [1.807, 2.05) is 60.7 Å². The molecule has 2 aliphatic heterocycles. The molecule has 29 heavy (non-hydrogen) atoms. The molecule has 0 aromatic heterocycles. The summed E-state index contributed by atoms with van der Waals surface area (Å²) in [6.07, 6.45) is -0.583. The van der Waals surface area contributed by atoms with Gasteiger partial charge in [0.2, 0.25) is 5.91 Å². The quantitative estimate of drug-likeness (QED) is 0.717. The number of amides is 2. The van der Waals surface area contributed by atoms with E-state index in [-0.39, 0.29) is 31.7 Å². The number of benzene rings is 2. The number of hydrogen-bond acceptors (Lipinski definition) is 6. The third-order valence-electron chi connectivity index (χ3n) is 5.18. The molecule has 7 heteroatoms. The molecule has 0 N–H and O–H groups in total. The molecular formula is C22H24N2O5. The van der Waals surface area contributed by atoms with Crippen molar-refractivity contribution in [3.05, 3.63) is 71.8 Å².